The van der Waals surface area contributed by atoms with Crippen molar-refractivity contribution in [1.82, 2.24) is 5.09 Å². The fourth-order valence-corrected chi connectivity index (χ4v) is 3.37. The first kappa shape index (κ1) is 22.1. The quantitative estimate of drug-likeness (QED) is 0.259. The zero-order valence-electron chi connectivity index (χ0n) is 15.1. The third kappa shape index (κ3) is 13.8. The molecule has 0 saturated carbocycles. The van der Waals surface area contributed by atoms with Crippen LogP contribution in [0.15, 0.2) is 0 Å². The molecule has 0 aliphatic heterocycles. The first-order valence-electron chi connectivity index (χ1n) is 9.26. The van der Waals surface area contributed by atoms with Crippen LogP contribution in [0.25, 0.3) is 0 Å². The lowest BCUT2D eigenvalue weighted by atomic mass is 10.1. The second kappa shape index (κ2) is 16.0. The Morgan fingerprint density at radius 3 is 1.41 bits per heavy atom. The van der Waals surface area contributed by atoms with Gasteiger partial charge in [-0.1, -0.05) is 78.1 Å². The molecule has 5 heteroatoms. The number of hydrogen-bond donors (Lipinski definition) is 1. The van der Waals surface area contributed by atoms with Crippen molar-refractivity contribution in [2.75, 3.05) is 20.3 Å². The van der Waals surface area contributed by atoms with Gasteiger partial charge in [0.15, 0.2) is 0 Å². The third-order valence-electron chi connectivity index (χ3n) is 3.79. The van der Waals surface area contributed by atoms with Crippen LogP contribution in [-0.2, 0) is 13.6 Å². The number of rotatable bonds is 17. The van der Waals surface area contributed by atoms with Crippen molar-refractivity contribution in [3.05, 3.63) is 0 Å². The molecule has 1 N–H and O–H groups in total. The van der Waals surface area contributed by atoms with Crippen LogP contribution < -0.4 is 5.09 Å². The molecule has 22 heavy (non-hydrogen) atoms. The van der Waals surface area contributed by atoms with E-state index < -0.39 is 7.75 Å². The van der Waals surface area contributed by atoms with Gasteiger partial charge in [0.1, 0.15) is 0 Å². The van der Waals surface area contributed by atoms with Crippen molar-refractivity contribution in [3.63, 3.8) is 0 Å². The lowest BCUT2D eigenvalue weighted by molar-refractivity contribution is 0.191. The van der Waals surface area contributed by atoms with Gasteiger partial charge in [0.25, 0.3) is 0 Å². The normalized spacial score (nSPS) is 12.0. The van der Waals surface area contributed by atoms with E-state index in [4.69, 9.17) is 9.05 Å². The van der Waals surface area contributed by atoms with Crippen LogP contribution >= 0.6 is 7.75 Å². The predicted octanol–water partition coefficient (Wildman–Crippen LogP) is 6.07. The fraction of sp³-hybridized carbons (Fsp3) is 1.00. The molecule has 0 unspecified atom stereocenters. The molecule has 0 heterocycles. The summed E-state index contributed by atoms with van der Waals surface area (Å²) in [5.41, 5.74) is 0. The third-order valence-corrected chi connectivity index (χ3v) is 5.38. The average Bonchev–Trinajstić information content (AvgIpc) is 2.53. The molecule has 0 amide bonds. The molecule has 134 valence electrons. The second-order valence-electron chi connectivity index (χ2n) is 5.92. The lowest BCUT2D eigenvalue weighted by Gasteiger charge is -2.17. The highest BCUT2D eigenvalue weighted by Crippen LogP contribution is 2.43. The second-order valence-corrected chi connectivity index (χ2v) is 7.88. The highest BCUT2D eigenvalue weighted by molar-refractivity contribution is 7.51. The summed E-state index contributed by atoms with van der Waals surface area (Å²) in [7, 11) is -1.43. The Morgan fingerprint density at radius 2 is 1.05 bits per heavy atom. The van der Waals surface area contributed by atoms with Crippen LogP contribution in [0.2, 0.25) is 0 Å². The molecule has 0 bridgehead atoms. The van der Waals surface area contributed by atoms with E-state index >= 15 is 0 Å². The molecule has 0 fully saturated rings. The minimum Gasteiger partial charge on any atom is -0.297 e. The molecule has 0 spiro atoms. The Kier molecular flexibility index (Phi) is 16.1. The zero-order valence-corrected chi connectivity index (χ0v) is 16.0. The van der Waals surface area contributed by atoms with E-state index in [1.54, 1.807) is 7.05 Å². The topological polar surface area (TPSA) is 47.6 Å². The molecule has 0 rings (SSSR count). The fourth-order valence-electron chi connectivity index (χ4n) is 2.30. The molecule has 0 aromatic rings. The van der Waals surface area contributed by atoms with E-state index in [1.807, 2.05) is 0 Å². The molecule has 0 saturated heterocycles. The van der Waals surface area contributed by atoms with Crippen molar-refractivity contribution >= 4 is 7.75 Å². The summed E-state index contributed by atoms with van der Waals surface area (Å²) in [5, 5.41) is 2.71. The lowest BCUT2D eigenvalue weighted by Crippen LogP contribution is -2.11. The molecule has 0 atom stereocenters. The maximum atomic E-state index is 12.3. The molecular formula is C17H38NO3P. The summed E-state index contributed by atoms with van der Waals surface area (Å²) in [5.74, 6) is 0. The van der Waals surface area contributed by atoms with Crippen LogP contribution in [0.1, 0.15) is 90.9 Å². The van der Waals surface area contributed by atoms with Gasteiger partial charge in [0, 0.05) is 0 Å². The summed E-state index contributed by atoms with van der Waals surface area (Å²) < 4.78 is 23.2. The van der Waals surface area contributed by atoms with Crippen LogP contribution in [-0.4, -0.2) is 20.3 Å². The van der Waals surface area contributed by atoms with Crippen molar-refractivity contribution in [2.24, 2.45) is 0 Å². The molecule has 0 aromatic heterocycles. The molecule has 0 aromatic carbocycles. The average molecular weight is 335 g/mol. The number of nitrogens with one attached hydrogen (secondary N) is 1. The van der Waals surface area contributed by atoms with Gasteiger partial charge in [-0.25, -0.2) is 9.65 Å². The van der Waals surface area contributed by atoms with Crippen molar-refractivity contribution in [1.29, 1.82) is 0 Å². The monoisotopic (exact) mass is 335 g/mol. The summed E-state index contributed by atoms with van der Waals surface area (Å²) in [4.78, 5) is 0. The van der Waals surface area contributed by atoms with E-state index in [0.717, 1.165) is 25.7 Å². The van der Waals surface area contributed by atoms with Crippen LogP contribution in [0.5, 0.6) is 0 Å². The molecular weight excluding hydrogens is 297 g/mol. The Labute approximate surface area is 138 Å². The predicted molar refractivity (Wildman–Crippen MR) is 95.3 cm³/mol. The van der Waals surface area contributed by atoms with Gasteiger partial charge in [-0.3, -0.25) is 9.05 Å². The minimum absolute atomic E-state index is 0.515. The zero-order chi connectivity index (χ0) is 16.5. The maximum Gasteiger partial charge on any atom is 0.405 e. The van der Waals surface area contributed by atoms with Gasteiger partial charge in [-0.05, 0) is 19.9 Å². The van der Waals surface area contributed by atoms with Gasteiger partial charge in [0.2, 0.25) is 0 Å². The summed E-state index contributed by atoms with van der Waals surface area (Å²) >= 11 is 0. The summed E-state index contributed by atoms with van der Waals surface area (Å²) in [6, 6.07) is 0. The minimum atomic E-state index is -3.07. The first-order valence-corrected chi connectivity index (χ1v) is 10.8. The van der Waals surface area contributed by atoms with Gasteiger partial charge in [-0.15, -0.1) is 0 Å². The Balaban J connectivity index is 3.57. The van der Waals surface area contributed by atoms with Gasteiger partial charge < -0.3 is 0 Å². The standard InChI is InChI=1S/C17H38NO3P/c1-4-6-8-10-12-14-16-20-22(19,18-3)21-17-15-13-11-9-7-5-2/h4-17H2,1-3H3,(H,18,19). The molecule has 4 nitrogen and oxygen atoms in total. The van der Waals surface area contributed by atoms with Crippen LogP contribution in [0.4, 0.5) is 0 Å². The molecule has 0 aliphatic carbocycles. The largest absolute Gasteiger partial charge is 0.405 e. The molecule has 0 radical (unpaired) electrons. The van der Waals surface area contributed by atoms with Crippen molar-refractivity contribution < 1.29 is 13.6 Å². The summed E-state index contributed by atoms with van der Waals surface area (Å²) in [6.45, 7) is 5.46. The maximum absolute atomic E-state index is 12.3. The van der Waals surface area contributed by atoms with E-state index in [1.165, 1.54) is 51.4 Å². The number of hydrogen-bond acceptors (Lipinski definition) is 3. The Morgan fingerprint density at radius 1 is 0.682 bits per heavy atom. The molecule has 0 aliphatic rings. The van der Waals surface area contributed by atoms with Gasteiger partial charge in [0.05, 0.1) is 13.2 Å². The van der Waals surface area contributed by atoms with E-state index in [0.29, 0.717) is 13.2 Å². The van der Waals surface area contributed by atoms with Gasteiger partial charge in [-0.2, -0.15) is 0 Å². The van der Waals surface area contributed by atoms with Gasteiger partial charge >= 0.3 is 7.75 Å². The highest BCUT2D eigenvalue weighted by Gasteiger charge is 2.21. The smallest absolute Gasteiger partial charge is 0.297 e. The van der Waals surface area contributed by atoms with E-state index in [-0.39, 0.29) is 0 Å². The highest BCUT2D eigenvalue weighted by atomic mass is 31.2. The Hall–Kier alpha value is 0.110. The van der Waals surface area contributed by atoms with E-state index in [9.17, 15) is 4.57 Å². The van der Waals surface area contributed by atoms with Crippen LogP contribution in [0.3, 0.4) is 0 Å². The Bertz CT molecular complexity index is 253. The van der Waals surface area contributed by atoms with Crippen LogP contribution in [0, 0.1) is 0 Å². The van der Waals surface area contributed by atoms with E-state index in [2.05, 4.69) is 18.9 Å². The summed E-state index contributed by atoms with van der Waals surface area (Å²) in [6.07, 6.45) is 14.4. The SMILES string of the molecule is CCCCCCCCOP(=O)(NC)OCCCCCCCC. The van der Waals surface area contributed by atoms with Crippen molar-refractivity contribution in [2.45, 2.75) is 90.9 Å². The number of unbranched alkanes of at least 4 members (excludes halogenated alkanes) is 10. The van der Waals surface area contributed by atoms with Crippen molar-refractivity contribution in [3.8, 4) is 0 Å². The first-order chi connectivity index (χ1) is 10.7.